The lowest BCUT2D eigenvalue weighted by Gasteiger charge is -2.25. The second kappa shape index (κ2) is 7.63. The van der Waals surface area contributed by atoms with Crippen molar-refractivity contribution in [1.29, 1.82) is 0 Å². The molecule has 0 radical (unpaired) electrons. The van der Waals surface area contributed by atoms with E-state index in [2.05, 4.69) is 9.97 Å². The molecule has 1 saturated heterocycles. The van der Waals surface area contributed by atoms with Gasteiger partial charge in [-0.2, -0.15) is 0 Å². The van der Waals surface area contributed by atoms with Crippen LogP contribution in [0.4, 0.5) is 4.39 Å². The SMILES string of the molecule is O=C1C(=O)N(Cc2cccnc2)C(c2cccnc2)C1=C(O)c1ccc(F)cc1. The minimum atomic E-state index is -0.825. The van der Waals surface area contributed by atoms with Crippen molar-refractivity contribution in [2.24, 2.45) is 0 Å². The van der Waals surface area contributed by atoms with Gasteiger partial charge in [0.15, 0.2) is 0 Å². The zero-order valence-electron chi connectivity index (χ0n) is 15.2. The fourth-order valence-electron chi connectivity index (χ4n) is 3.38. The molecule has 0 bridgehead atoms. The predicted molar refractivity (Wildman–Crippen MR) is 103 cm³/mol. The predicted octanol–water partition coefficient (Wildman–Crippen LogP) is 3.24. The number of pyridine rings is 2. The van der Waals surface area contributed by atoms with Crippen molar-refractivity contribution in [2.75, 3.05) is 0 Å². The van der Waals surface area contributed by atoms with E-state index < -0.39 is 23.5 Å². The van der Waals surface area contributed by atoms with Crippen molar-refractivity contribution in [2.45, 2.75) is 12.6 Å². The second-order valence-corrected chi connectivity index (χ2v) is 6.58. The van der Waals surface area contributed by atoms with Gasteiger partial charge in [0, 0.05) is 36.9 Å². The molecule has 1 N–H and O–H groups in total. The van der Waals surface area contributed by atoms with Crippen molar-refractivity contribution in [3.63, 3.8) is 0 Å². The number of aliphatic hydroxyl groups excluding tert-OH is 1. The average molecular weight is 389 g/mol. The molecule has 6 nitrogen and oxygen atoms in total. The maximum absolute atomic E-state index is 13.3. The van der Waals surface area contributed by atoms with E-state index >= 15 is 0 Å². The van der Waals surface area contributed by atoms with Crippen molar-refractivity contribution < 1.29 is 19.1 Å². The Morgan fingerprint density at radius 1 is 1.00 bits per heavy atom. The van der Waals surface area contributed by atoms with E-state index in [4.69, 9.17) is 0 Å². The molecule has 7 heteroatoms. The summed E-state index contributed by atoms with van der Waals surface area (Å²) in [5.41, 5.74) is 1.52. The first-order chi connectivity index (χ1) is 14.1. The van der Waals surface area contributed by atoms with Gasteiger partial charge in [-0.25, -0.2) is 4.39 Å². The smallest absolute Gasteiger partial charge is 0.295 e. The highest BCUT2D eigenvalue weighted by Crippen LogP contribution is 2.39. The van der Waals surface area contributed by atoms with Gasteiger partial charge in [0.25, 0.3) is 11.7 Å². The molecule has 4 rings (SSSR count). The van der Waals surface area contributed by atoms with Crippen molar-refractivity contribution in [3.8, 4) is 0 Å². The van der Waals surface area contributed by atoms with Crippen molar-refractivity contribution in [1.82, 2.24) is 14.9 Å². The highest BCUT2D eigenvalue weighted by atomic mass is 19.1. The Morgan fingerprint density at radius 2 is 1.69 bits per heavy atom. The van der Waals surface area contributed by atoms with E-state index in [1.165, 1.54) is 29.2 Å². The molecular weight excluding hydrogens is 373 g/mol. The molecule has 0 spiro atoms. The summed E-state index contributed by atoms with van der Waals surface area (Å²) in [5.74, 6) is -2.36. The fourth-order valence-corrected chi connectivity index (χ4v) is 3.38. The van der Waals surface area contributed by atoms with Crippen LogP contribution in [0, 0.1) is 5.82 Å². The summed E-state index contributed by atoms with van der Waals surface area (Å²) >= 11 is 0. The first-order valence-corrected chi connectivity index (χ1v) is 8.89. The summed E-state index contributed by atoms with van der Waals surface area (Å²) in [4.78, 5) is 35.2. The number of aliphatic hydroxyl groups is 1. The van der Waals surface area contributed by atoms with Gasteiger partial charge in [-0.3, -0.25) is 19.6 Å². The minimum absolute atomic E-state index is 0.0569. The molecular formula is C22H16FN3O3. The summed E-state index contributed by atoms with van der Waals surface area (Å²) in [6.45, 7) is 0.137. The molecule has 3 aromatic rings. The van der Waals surface area contributed by atoms with Gasteiger partial charge >= 0.3 is 0 Å². The highest BCUT2D eigenvalue weighted by molar-refractivity contribution is 6.46. The van der Waals surface area contributed by atoms with Gasteiger partial charge in [-0.15, -0.1) is 0 Å². The van der Waals surface area contributed by atoms with Crippen LogP contribution < -0.4 is 0 Å². The third kappa shape index (κ3) is 3.50. The number of carbonyl (C=O) groups is 2. The maximum atomic E-state index is 13.3. The third-order valence-corrected chi connectivity index (χ3v) is 4.73. The normalized spacial score (nSPS) is 18.2. The number of likely N-dealkylation sites (tertiary alicyclic amines) is 1. The van der Waals surface area contributed by atoms with Crippen LogP contribution in [-0.2, 0) is 16.1 Å². The Balaban J connectivity index is 1.85. The Hall–Kier alpha value is -3.87. The molecule has 29 heavy (non-hydrogen) atoms. The van der Waals surface area contributed by atoms with E-state index in [0.29, 0.717) is 5.56 Å². The van der Waals surface area contributed by atoms with Crippen molar-refractivity contribution >= 4 is 17.4 Å². The summed E-state index contributed by atoms with van der Waals surface area (Å²) < 4.78 is 13.3. The Kier molecular flexibility index (Phi) is 4.87. The molecule has 1 unspecified atom stereocenters. The topological polar surface area (TPSA) is 83.4 Å². The van der Waals surface area contributed by atoms with Gasteiger partial charge in [-0.1, -0.05) is 12.1 Å². The number of ketones is 1. The number of amides is 1. The first kappa shape index (κ1) is 18.5. The average Bonchev–Trinajstić information content (AvgIpc) is 3.00. The van der Waals surface area contributed by atoms with Crippen LogP contribution in [-0.4, -0.2) is 31.7 Å². The summed E-state index contributed by atoms with van der Waals surface area (Å²) in [6.07, 6.45) is 6.35. The molecule has 1 aromatic carbocycles. The molecule has 2 aromatic heterocycles. The summed E-state index contributed by atoms with van der Waals surface area (Å²) in [6, 6.07) is 11.2. The first-order valence-electron chi connectivity index (χ1n) is 8.89. The van der Waals surface area contributed by atoms with E-state index in [0.717, 1.165) is 5.56 Å². The molecule has 1 fully saturated rings. The van der Waals surface area contributed by atoms with Crippen molar-refractivity contribution in [3.05, 3.63) is 101 Å². The number of Topliss-reactive ketones (excluding diaryl/α,β-unsaturated/α-hetero) is 1. The quantitative estimate of drug-likeness (QED) is 0.421. The number of aromatic nitrogens is 2. The van der Waals surface area contributed by atoms with Gasteiger partial charge in [0.05, 0.1) is 11.6 Å². The number of benzene rings is 1. The molecule has 3 heterocycles. The lowest BCUT2D eigenvalue weighted by Crippen LogP contribution is -2.29. The monoisotopic (exact) mass is 389 g/mol. The van der Waals surface area contributed by atoms with E-state index in [1.807, 2.05) is 0 Å². The van der Waals surface area contributed by atoms with Crippen LogP contribution in [0.15, 0.2) is 78.9 Å². The number of nitrogens with zero attached hydrogens (tertiary/aromatic N) is 3. The highest BCUT2D eigenvalue weighted by Gasteiger charge is 2.46. The van der Waals surface area contributed by atoms with E-state index in [9.17, 15) is 19.1 Å². The number of carbonyl (C=O) groups excluding carboxylic acids is 2. The van der Waals surface area contributed by atoms with Gasteiger partial charge < -0.3 is 10.0 Å². The molecule has 1 aliphatic rings. The molecule has 0 saturated carbocycles. The third-order valence-electron chi connectivity index (χ3n) is 4.73. The summed E-state index contributed by atoms with van der Waals surface area (Å²) in [5, 5.41) is 10.8. The van der Waals surface area contributed by atoms with Crippen LogP contribution in [0.1, 0.15) is 22.7 Å². The number of halogens is 1. The number of hydrogen-bond donors (Lipinski definition) is 1. The number of hydrogen-bond acceptors (Lipinski definition) is 5. The molecule has 1 aliphatic heterocycles. The number of rotatable bonds is 4. The Morgan fingerprint density at radius 3 is 2.31 bits per heavy atom. The van der Waals surface area contributed by atoms with Crippen LogP contribution in [0.25, 0.3) is 5.76 Å². The van der Waals surface area contributed by atoms with E-state index in [-0.39, 0.29) is 23.4 Å². The standard InChI is InChI=1S/C22H16FN3O3/c23-17-7-5-15(6-8-17)20(27)18-19(16-4-2-10-25-12-16)26(22(29)21(18)28)13-14-3-1-9-24-11-14/h1-12,19,27H,13H2. The molecule has 0 aliphatic carbocycles. The molecule has 1 atom stereocenters. The van der Waals surface area contributed by atoms with Crippen LogP contribution in [0.5, 0.6) is 0 Å². The van der Waals surface area contributed by atoms with Crippen LogP contribution in [0.2, 0.25) is 0 Å². The molecule has 144 valence electrons. The maximum Gasteiger partial charge on any atom is 0.295 e. The fraction of sp³-hybridized carbons (Fsp3) is 0.0909. The van der Waals surface area contributed by atoms with Gasteiger partial charge in [-0.05, 0) is 47.5 Å². The van der Waals surface area contributed by atoms with Crippen LogP contribution >= 0.6 is 0 Å². The zero-order valence-corrected chi connectivity index (χ0v) is 15.2. The minimum Gasteiger partial charge on any atom is -0.507 e. The lowest BCUT2D eigenvalue weighted by molar-refractivity contribution is -0.140. The molecule has 1 amide bonds. The van der Waals surface area contributed by atoms with E-state index in [1.54, 1.807) is 49.1 Å². The summed E-state index contributed by atoms with van der Waals surface area (Å²) in [7, 11) is 0. The Labute approximate surface area is 166 Å². The van der Waals surface area contributed by atoms with Gasteiger partial charge in [0.1, 0.15) is 11.6 Å². The Bertz CT molecular complexity index is 1080. The van der Waals surface area contributed by atoms with Crippen LogP contribution in [0.3, 0.4) is 0 Å². The largest absolute Gasteiger partial charge is 0.507 e. The second-order valence-electron chi connectivity index (χ2n) is 6.58. The van der Waals surface area contributed by atoms with Gasteiger partial charge in [0.2, 0.25) is 0 Å². The lowest BCUT2D eigenvalue weighted by atomic mass is 9.96. The zero-order chi connectivity index (χ0) is 20.4.